The first-order valence-corrected chi connectivity index (χ1v) is 5.17. The molecule has 3 nitrogen and oxygen atoms in total. The van der Waals surface area contributed by atoms with Crippen molar-refractivity contribution in [3.63, 3.8) is 0 Å². The third-order valence-electron chi connectivity index (χ3n) is 2.09. The minimum absolute atomic E-state index is 0.0917. The molecule has 0 unspecified atom stereocenters. The molecule has 1 aliphatic rings. The number of halogens is 1. The fourth-order valence-corrected chi connectivity index (χ4v) is 1.32. The number of allylic oxidation sites excluding steroid dienone is 4. The first-order chi connectivity index (χ1) is 7.22. The zero-order valence-corrected chi connectivity index (χ0v) is 8.88. The number of nitrogens with one attached hydrogen (secondary N) is 1. The van der Waals surface area contributed by atoms with Crippen molar-refractivity contribution < 1.29 is 13.9 Å². The molecule has 84 valence electrons. The lowest BCUT2D eigenvalue weighted by molar-refractivity contribution is -0.142. The quantitative estimate of drug-likeness (QED) is 0.710. The van der Waals surface area contributed by atoms with Gasteiger partial charge in [-0.05, 0) is 25.5 Å². The summed E-state index contributed by atoms with van der Waals surface area (Å²) in [6.45, 7) is 2.73. The fourth-order valence-electron chi connectivity index (χ4n) is 1.32. The van der Waals surface area contributed by atoms with Gasteiger partial charge in [-0.1, -0.05) is 0 Å². The summed E-state index contributed by atoms with van der Waals surface area (Å²) in [5.74, 6) is -0.297. The lowest BCUT2D eigenvalue weighted by atomic mass is 10.1. The summed E-state index contributed by atoms with van der Waals surface area (Å²) in [7, 11) is 0. The van der Waals surface area contributed by atoms with Crippen molar-refractivity contribution in [2.24, 2.45) is 0 Å². The molecule has 0 radical (unpaired) electrons. The summed E-state index contributed by atoms with van der Waals surface area (Å²) in [4.78, 5) is 11.0. The highest BCUT2D eigenvalue weighted by Crippen LogP contribution is 2.16. The summed E-state index contributed by atoms with van der Waals surface area (Å²) < 4.78 is 17.4. The van der Waals surface area contributed by atoms with Crippen LogP contribution in [-0.4, -0.2) is 19.1 Å². The number of rotatable bonds is 5. The van der Waals surface area contributed by atoms with Gasteiger partial charge in [-0.3, -0.25) is 4.79 Å². The number of ether oxygens (including phenoxy) is 1. The maximum Gasteiger partial charge on any atom is 0.307 e. The predicted octanol–water partition coefficient (Wildman–Crippen LogP) is 2.06. The average molecular weight is 213 g/mol. The second-order valence-electron chi connectivity index (χ2n) is 3.29. The van der Waals surface area contributed by atoms with Crippen LogP contribution in [0.4, 0.5) is 4.39 Å². The molecule has 0 saturated carbocycles. The van der Waals surface area contributed by atoms with Gasteiger partial charge < -0.3 is 10.1 Å². The number of esters is 1. The van der Waals surface area contributed by atoms with Gasteiger partial charge in [0, 0.05) is 18.7 Å². The lowest BCUT2D eigenvalue weighted by Gasteiger charge is -2.12. The smallest absolute Gasteiger partial charge is 0.307 e. The Morgan fingerprint density at radius 1 is 1.53 bits per heavy atom. The number of hydrogen-bond acceptors (Lipinski definition) is 3. The molecule has 0 amide bonds. The van der Waals surface area contributed by atoms with E-state index in [2.05, 4.69) is 5.32 Å². The Hall–Kier alpha value is -1.32. The molecule has 0 fully saturated rings. The van der Waals surface area contributed by atoms with E-state index in [1.807, 2.05) is 0 Å². The van der Waals surface area contributed by atoms with Crippen LogP contribution in [0.25, 0.3) is 0 Å². The van der Waals surface area contributed by atoms with E-state index < -0.39 is 0 Å². The van der Waals surface area contributed by atoms with E-state index in [-0.39, 0.29) is 11.8 Å². The molecule has 0 atom stereocenters. The SMILES string of the molecule is CCOC(=O)CCNC1=CC=C(F)CC1. The maximum atomic E-state index is 12.6. The summed E-state index contributed by atoms with van der Waals surface area (Å²) in [6.07, 6.45) is 4.63. The highest BCUT2D eigenvalue weighted by Gasteiger charge is 2.06. The van der Waals surface area contributed by atoms with Crippen molar-refractivity contribution in [2.75, 3.05) is 13.2 Å². The van der Waals surface area contributed by atoms with Gasteiger partial charge in [0.1, 0.15) is 5.83 Å². The van der Waals surface area contributed by atoms with E-state index in [0.29, 0.717) is 32.4 Å². The van der Waals surface area contributed by atoms with Gasteiger partial charge in [0.2, 0.25) is 0 Å². The third-order valence-corrected chi connectivity index (χ3v) is 2.09. The van der Waals surface area contributed by atoms with Crippen LogP contribution < -0.4 is 5.32 Å². The Morgan fingerprint density at radius 3 is 2.93 bits per heavy atom. The summed E-state index contributed by atoms with van der Waals surface area (Å²) >= 11 is 0. The van der Waals surface area contributed by atoms with Crippen LogP contribution in [0.1, 0.15) is 26.2 Å². The van der Waals surface area contributed by atoms with Crippen molar-refractivity contribution >= 4 is 5.97 Å². The highest BCUT2D eigenvalue weighted by atomic mass is 19.1. The molecule has 1 rings (SSSR count). The molecule has 0 aliphatic heterocycles. The van der Waals surface area contributed by atoms with Gasteiger partial charge in [-0.15, -0.1) is 0 Å². The molecule has 0 spiro atoms. The lowest BCUT2D eigenvalue weighted by Crippen LogP contribution is -2.19. The van der Waals surface area contributed by atoms with E-state index in [9.17, 15) is 9.18 Å². The van der Waals surface area contributed by atoms with Crippen molar-refractivity contribution in [2.45, 2.75) is 26.2 Å². The Kier molecular flexibility index (Phi) is 4.87. The monoisotopic (exact) mass is 213 g/mol. The maximum absolute atomic E-state index is 12.6. The second kappa shape index (κ2) is 6.22. The van der Waals surface area contributed by atoms with Crippen molar-refractivity contribution in [3.8, 4) is 0 Å². The Labute approximate surface area is 89.0 Å². The zero-order chi connectivity index (χ0) is 11.1. The first kappa shape index (κ1) is 11.8. The van der Waals surface area contributed by atoms with Gasteiger partial charge >= 0.3 is 5.97 Å². The molecule has 1 aliphatic carbocycles. The molecule has 1 N–H and O–H groups in total. The standard InChI is InChI=1S/C11H16FNO2/c1-2-15-11(14)7-8-13-10-5-3-9(12)4-6-10/h3,5,13H,2,4,6-8H2,1H3. The van der Waals surface area contributed by atoms with Crippen LogP contribution in [0.15, 0.2) is 23.7 Å². The van der Waals surface area contributed by atoms with E-state index in [1.165, 1.54) is 6.08 Å². The zero-order valence-electron chi connectivity index (χ0n) is 8.88. The predicted molar refractivity (Wildman–Crippen MR) is 55.8 cm³/mol. The molecule has 0 aromatic carbocycles. The molecule has 15 heavy (non-hydrogen) atoms. The van der Waals surface area contributed by atoms with Crippen LogP contribution in [0, 0.1) is 0 Å². The van der Waals surface area contributed by atoms with Crippen LogP contribution in [-0.2, 0) is 9.53 Å². The third kappa shape index (κ3) is 4.63. The van der Waals surface area contributed by atoms with Gasteiger partial charge in [0.25, 0.3) is 0 Å². The van der Waals surface area contributed by atoms with Gasteiger partial charge in [0.15, 0.2) is 0 Å². The van der Waals surface area contributed by atoms with Crippen LogP contribution in [0.5, 0.6) is 0 Å². The van der Waals surface area contributed by atoms with Crippen LogP contribution >= 0.6 is 0 Å². The molecular formula is C11H16FNO2. The highest BCUT2D eigenvalue weighted by molar-refractivity contribution is 5.69. The minimum Gasteiger partial charge on any atom is -0.466 e. The topological polar surface area (TPSA) is 38.3 Å². The van der Waals surface area contributed by atoms with Crippen LogP contribution in [0.2, 0.25) is 0 Å². The van der Waals surface area contributed by atoms with E-state index >= 15 is 0 Å². The molecule has 4 heteroatoms. The van der Waals surface area contributed by atoms with Crippen molar-refractivity contribution in [1.29, 1.82) is 0 Å². The first-order valence-electron chi connectivity index (χ1n) is 5.17. The summed E-state index contributed by atoms with van der Waals surface area (Å²) in [5, 5.41) is 3.08. The minimum atomic E-state index is -0.205. The number of carbonyl (C=O) groups excluding carboxylic acids is 1. The normalized spacial score (nSPS) is 15.3. The number of carbonyl (C=O) groups is 1. The largest absolute Gasteiger partial charge is 0.466 e. The van der Waals surface area contributed by atoms with Crippen LogP contribution in [0.3, 0.4) is 0 Å². The molecule has 0 aromatic rings. The van der Waals surface area contributed by atoms with Crippen molar-refractivity contribution in [3.05, 3.63) is 23.7 Å². The van der Waals surface area contributed by atoms with E-state index in [0.717, 1.165) is 5.70 Å². The van der Waals surface area contributed by atoms with E-state index in [1.54, 1.807) is 13.0 Å². The molecule has 0 saturated heterocycles. The Balaban J connectivity index is 2.18. The van der Waals surface area contributed by atoms with Gasteiger partial charge in [-0.2, -0.15) is 0 Å². The molecular weight excluding hydrogens is 197 g/mol. The van der Waals surface area contributed by atoms with Crippen molar-refractivity contribution in [1.82, 2.24) is 5.32 Å². The molecule has 0 bridgehead atoms. The summed E-state index contributed by atoms with van der Waals surface area (Å²) in [5.41, 5.74) is 0.973. The number of hydrogen-bond donors (Lipinski definition) is 1. The van der Waals surface area contributed by atoms with E-state index in [4.69, 9.17) is 4.74 Å². The molecule has 0 aromatic heterocycles. The Morgan fingerprint density at radius 2 is 2.33 bits per heavy atom. The second-order valence-corrected chi connectivity index (χ2v) is 3.29. The average Bonchev–Trinajstić information content (AvgIpc) is 2.21. The van der Waals surface area contributed by atoms with Gasteiger partial charge in [-0.25, -0.2) is 4.39 Å². The Bertz CT molecular complexity index is 284. The molecule has 0 heterocycles. The fraction of sp³-hybridized carbons (Fsp3) is 0.545. The summed E-state index contributed by atoms with van der Waals surface area (Å²) in [6, 6.07) is 0. The van der Waals surface area contributed by atoms with Gasteiger partial charge in [0.05, 0.1) is 13.0 Å².